The van der Waals surface area contributed by atoms with Gasteiger partial charge in [0.1, 0.15) is 18.0 Å². The van der Waals surface area contributed by atoms with Gasteiger partial charge in [-0.1, -0.05) is 0 Å². The molecule has 0 heterocycles. The normalized spacial score (nSPS) is 10.6. The van der Waals surface area contributed by atoms with E-state index in [1.54, 1.807) is 20.8 Å². The van der Waals surface area contributed by atoms with Gasteiger partial charge in [0, 0.05) is 5.69 Å². The van der Waals surface area contributed by atoms with Crippen molar-refractivity contribution in [2.45, 2.75) is 26.4 Å². The van der Waals surface area contributed by atoms with Gasteiger partial charge < -0.3 is 4.74 Å². The Morgan fingerprint density at radius 2 is 1.94 bits per heavy atom. The molecule has 0 saturated heterocycles. The highest BCUT2D eigenvalue weighted by Crippen LogP contribution is 2.18. The standard InChI is InChI=1S/C13H15FN2O2/c1-13(2,3)18-12(17)16(9-8-15)11-6-4-10(14)5-7-11/h4-7H,9H2,1-3H3. The molecule has 0 spiro atoms. The highest BCUT2D eigenvalue weighted by molar-refractivity contribution is 5.88. The van der Waals surface area contributed by atoms with E-state index < -0.39 is 17.5 Å². The number of hydrogen-bond donors (Lipinski definition) is 0. The van der Waals surface area contributed by atoms with E-state index in [1.807, 2.05) is 6.07 Å². The summed E-state index contributed by atoms with van der Waals surface area (Å²) in [7, 11) is 0. The van der Waals surface area contributed by atoms with Gasteiger partial charge in [0.2, 0.25) is 0 Å². The second-order valence-corrected chi connectivity index (χ2v) is 4.70. The zero-order chi connectivity index (χ0) is 13.8. The predicted octanol–water partition coefficient (Wildman–Crippen LogP) is 3.09. The van der Waals surface area contributed by atoms with Gasteiger partial charge in [-0.25, -0.2) is 9.18 Å². The Kier molecular flexibility index (Phi) is 4.27. The molecular weight excluding hydrogens is 235 g/mol. The maximum atomic E-state index is 12.8. The van der Waals surface area contributed by atoms with E-state index in [2.05, 4.69) is 0 Å². The van der Waals surface area contributed by atoms with E-state index >= 15 is 0 Å². The number of benzene rings is 1. The van der Waals surface area contributed by atoms with Gasteiger partial charge in [-0.15, -0.1) is 0 Å². The van der Waals surface area contributed by atoms with E-state index in [-0.39, 0.29) is 6.54 Å². The lowest BCUT2D eigenvalue weighted by atomic mass is 10.2. The molecule has 96 valence electrons. The first-order chi connectivity index (χ1) is 8.33. The molecule has 0 aliphatic carbocycles. The Morgan fingerprint density at radius 3 is 2.39 bits per heavy atom. The van der Waals surface area contributed by atoms with E-state index in [0.717, 1.165) is 4.90 Å². The number of anilines is 1. The van der Waals surface area contributed by atoms with E-state index in [4.69, 9.17) is 10.00 Å². The molecule has 0 aliphatic heterocycles. The summed E-state index contributed by atoms with van der Waals surface area (Å²) in [6.45, 7) is 5.06. The van der Waals surface area contributed by atoms with Crippen molar-refractivity contribution in [1.82, 2.24) is 0 Å². The monoisotopic (exact) mass is 250 g/mol. The van der Waals surface area contributed by atoms with Crippen molar-refractivity contribution in [3.8, 4) is 6.07 Å². The van der Waals surface area contributed by atoms with Crippen molar-refractivity contribution in [2.24, 2.45) is 0 Å². The molecule has 0 unspecified atom stereocenters. The number of halogens is 1. The minimum absolute atomic E-state index is 0.152. The Morgan fingerprint density at radius 1 is 1.39 bits per heavy atom. The Balaban J connectivity index is 2.93. The molecule has 1 aromatic rings. The van der Waals surface area contributed by atoms with Crippen LogP contribution in [0.15, 0.2) is 24.3 Å². The summed E-state index contributed by atoms with van der Waals surface area (Å²) in [4.78, 5) is 13.1. The first kappa shape index (κ1) is 14.0. The maximum absolute atomic E-state index is 12.8. The molecule has 0 aromatic heterocycles. The van der Waals surface area contributed by atoms with Gasteiger partial charge in [-0.2, -0.15) is 5.26 Å². The molecule has 1 aromatic carbocycles. The SMILES string of the molecule is CC(C)(C)OC(=O)N(CC#N)c1ccc(F)cc1. The van der Waals surface area contributed by atoms with Gasteiger partial charge in [0.15, 0.2) is 0 Å². The number of amides is 1. The van der Waals surface area contributed by atoms with Crippen LogP contribution < -0.4 is 4.90 Å². The average molecular weight is 250 g/mol. The number of hydrogen-bond acceptors (Lipinski definition) is 3. The second kappa shape index (κ2) is 5.50. The van der Waals surface area contributed by atoms with Crippen molar-refractivity contribution >= 4 is 11.8 Å². The number of carbonyl (C=O) groups is 1. The molecule has 0 bridgehead atoms. The molecule has 5 heteroatoms. The van der Waals surface area contributed by atoms with Crippen LogP contribution in [0.5, 0.6) is 0 Å². The summed E-state index contributed by atoms with van der Waals surface area (Å²) in [6, 6.07) is 7.19. The largest absolute Gasteiger partial charge is 0.443 e. The minimum atomic E-state index is -0.648. The maximum Gasteiger partial charge on any atom is 0.415 e. The van der Waals surface area contributed by atoms with Crippen molar-refractivity contribution < 1.29 is 13.9 Å². The van der Waals surface area contributed by atoms with Gasteiger partial charge in [0.25, 0.3) is 0 Å². The predicted molar refractivity (Wildman–Crippen MR) is 65.6 cm³/mol. The highest BCUT2D eigenvalue weighted by atomic mass is 19.1. The fourth-order valence-electron chi connectivity index (χ4n) is 1.27. The number of carbonyl (C=O) groups excluding carboxylic acids is 1. The van der Waals surface area contributed by atoms with Crippen LogP contribution in [0.25, 0.3) is 0 Å². The van der Waals surface area contributed by atoms with Gasteiger partial charge in [-0.3, -0.25) is 4.90 Å². The quantitative estimate of drug-likeness (QED) is 0.758. The molecule has 0 fully saturated rings. The van der Waals surface area contributed by atoms with Crippen LogP contribution in [0, 0.1) is 17.1 Å². The lowest BCUT2D eigenvalue weighted by Crippen LogP contribution is -2.37. The molecule has 18 heavy (non-hydrogen) atoms. The van der Waals surface area contributed by atoms with Crippen LogP contribution in [-0.4, -0.2) is 18.2 Å². The molecule has 0 atom stereocenters. The van der Waals surface area contributed by atoms with Crippen LogP contribution >= 0.6 is 0 Å². The first-order valence-corrected chi connectivity index (χ1v) is 5.46. The smallest absolute Gasteiger partial charge is 0.415 e. The summed E-state index contributed by atoms with van der Waals surface area (Å²) < 4.78 is 18.0. The molecule has 1 rings (SSSR count). The number of rotatable bonds is 2. The third kappa shape index (κ3) is 4.06. The second-order valence-electron chi connectivity index (χ2n) is 4.70. The first-order valence-electron chi connectivity index (χ1n) is 5.46. The molecule has 0 N–H and O–H groups in total. The lowest BCUT2D eigenvalue weighted by molar-refractivity contribution is 0.0585. The third-order valence-corrected chi connectivity index (χ3v) is 1.98. The molecule has 4 nitrogen and oxygen atoms in total. The number of nitrogens with zero attached hydrogens (tertiary/aromatic N) is 2. The Bertz CT molecular complexity index is 457. The van der Waals surface area contributed by atoms with Gasteiger partial charge >= 0.3 is 6.09 Å². The van der Waals surface area contributed by atoms with Crippen LogP contribution in [0.2, 0.25) is 0 Å². The van der Waals surface area contributed by atoms with Crippen LogP contribution in [0.4, 0.5) is 14.9 Å². The third-order valence-electron chi connectivity index (χ3n) is 1.98. The Hall–Kier alpha value is -2.09. The average Bonchev–Trinajstić information content (AvgIpc) is 2.25. The van der Waals surface area contributed by atoms with Crippen LogP contribution in [0.1, 0.15) is 20.8 Å². The fraction of sp³-hybridized carbons (Fsp3) is 0.385. The van der Waals surface area contributed by atoms with Crippen LogP contribution in [0.3, 0.4) is 0 Å². The van der Waals surface area contributed by atoms with Crippen molar-refractivity contribution in [1.29, 1.82) is 5.26 Å². The molecule has 0 radical (unpaired) electrons. The van der Waals surface area contributed by atoms with Crippen LogP contribution in [-0.2, 0) is 4.74 Å². The summed E-state index contributed by atoms with van der Waals surface area (Å²) in [5.41, 5.74) is -0.225. The Labute approximate surface area is 106 Å². The van der Waals surface area contributed by atoms with Gasteiger partial charge in [-0.05, 0) is 45.0 Å². The van der Waals surface area contributed by atoms with Gasteiger partial charge in [0.05, 0.1) is 6.07 Å². The summed E-state index contributed by atoms with van der Waals surface area (Å²) in [5, 5.41) is 8.73. The topological polar surface area (TPSA) is 53.3 Å². The summed E-state index contributed by atoms with van der Waals surface area (Å²) >= 11 is 0. The molecule has 1 amide bonds. The minimum Gasteiger partial charge on any atom is -0.443 e. The molecule has 0 aliphatic rings. The highest BCUT2D eigenvalue weighted by Gasteiger charge is 2.23. The zero-order valence-corrected chi connectivity index (χ0v) is 10.6. The van der Waals surface area contributed by atoms with E-state index in [1.165, 1.54) is 24.3 Å². The molecular formula is C13H15FN2O2. The lowest BCUT2D eigenvalue weighted by Gasteiger charge is -2.25. The summed E-state index contributed by atoms with van der Waals surface area (Å²) in [5.74, 6) is -0.403. The van der Waals surface area contributed by atoms with Crippen molar-refractivity contribution in [3.63, 3.8) is 0 Å². The van der Waals surface area contributed by atoms with E-state index in [0.29, 0.717) is 5.69 Å². The van der Waals surface area contributed by atoms with Crippen molar-refractivity contribution in [2.75, 3.05) is 11.4 Å². The zero-order valence-electron chi connectivity index (χ0n) is 10.6. The van der Waals surface area contributed by atoms with E-state index in [9.17, 15) is 9.18 Å². The number of nitriles is 1. The summed E-state index contributed by atoms with van der Waals surface area (Å²) in [6.07, 6.45) is -0.629. The van der Waals surface area contributed by atoms with Crippen molar-refractivity contribution in [3.05, 3.63) is 30.1 Å². The number of ether oxygens (including phenoxy) is 1. The fourth-order valence-corrected chi connectivity index (χ4v) is 1.27. The molecule has 0 saturated carbocycles.